The third kappa shape index (κ3) is 3.14. The first-order valence-electron chi connectivity index (χ1n) is 6.78. The maximum Gasteiger partial charge on any atom is 0.0476 e. The molecule has 0 aromatic rings. The van der Waals surface area contributed by atoms with Crippen LogP contribution >= 0.6 is 11.8 Å². The van der Waals surface area contributed by atoms with Gasteiger partial charge in [-0.3, -0.25) is 0 Å². The molecule has 0 bridgehead atoms. The molecule has 0 aromatic heterocycles. The molecule has 2 nitrogen and oxygen atoms in total. The maximum atomic E-state index is 5.43. The summed E-state index contributed by atoms with van der Waals surface area (Å²) in [6, 6.07) is 0.766. The van der Waals surface area contributed by atoms with Gasteiger partial charge in [-0.1, -0.05) is 13.8 Å². The number of thioether (sulfide) groups is 1. The van der Waals surface area contributed by atoms with Crippen molar-refractivity contribution in [3.05, 3.63) is 0 Å². The Hall–Kier alpha value is 0.270. The molecule has 1 saturated carbocycles. The lowest BCUT2D eigenvalue weighted by molar-refractivity contribution is 0.0999. The average Bonchev–Trinajstić information content (AvgIpc) is 2.64. The van der Waals surface area contributed by atoms with Gasteiger partial charge in [0.15, 0.2) is 0 Å². The van der Waals surface area contributed by atoms with Crippen LogP contribution in [0.1, 0.15) is 39.5 Å². The van der Waals surface area contributed by atoms with E-state index in [0.717, 1.165) is 42.2 Å². The van der Waals surface area contributed by atoms with Crippen molar-refractivity contribution in [3.8, 4) is 0 Å². The number of hydrogen-bond donors (Lipinski definition) is 1. The van der Waals surface area contributed by atoms with E-state index < -0.39 is 0 Å². The van der Waals surface area contributed by atoms with E-state index in [4.69, 9.17) is 4.74 Å². The van der Waals surface area contributed by atoms with Crippen molar-refractivity contribution in [2.75, 3.05) is 19.8 Å². The molecule has 1 saturated heterocycles. The normalized spacial score (nSPS) is 36.8. The molecule has 94 valence electrons. The topological polar surface area (TPSA) is 21.3 Å². The highest BCUT2D eigenvalue weighted by Gasteiger charge is 2.34. The van der Waals surface area contributed by atoms with Gasteiger partial charge in [0.2, 0.25) is 0 Å². The van der Waals surface area contributed by atoms with E-state index in [1.807, 2.05) is 0 Å². The summed E-state index contributed by atoms with van der Waals surface area (Å²) in [7, 11) is 0. The van der Waals surface area contributed by atoms with Crippen molar-refractivity contribution in [2.45, 2.75) is 56.1 Å². The second-order valence-corrected chi connectivity index (χ2v) is 6.63. The Kier molecular flexibility index (Phi) is 4.98. The van der Waals surface area contributed by atoms with Gasteiger partial charge < -0.3 is 10.1 Å². The van der Waals surface area contributed by atoms with Crippen molar-refractivity contribution in [1.82, 2.24) is 5.32 Å². The fourth-order valence-corrected chi connectivity index (χ4v) is 4.60. The van der Waals surface area contributed by atoms with E-state index in [0.29, 0.717) is 0 Å². The van der Waals surface area contributed by atoms with Crippen LogP contribution in [0.5, 0.6) is 0 Å². The van der Waals surface area contributed by atoms with Gasteiger partial charge in [-0.2, -0.15) is 11.8 Å². The van der Waals surface area contributed by atoms with Crippen LogP contribution in [0.4, 0.5) is 0 Å². The van der Waals surface area contributed by atoms with Gasteiger partial charge in [-0.15, -0.1) is 0 Å². The third-order valence-corrected chi connectivity index (χ3v) is 5.86. The SMILES string of the molecule is CCNC1CCC(SC2CCOCC2)C1C. The van der Waals surface area contributed by atoms with Crippen LogP contribution in [0.3, 0.4) is 0 Å². The minimum Gasteiger partial charge on any atom is -0.381 e. The molecule has 0 amide bonds. The summed E-state index contributed by atoms with van der Waals surface area (Å²) in [6.45, 7) is 7.72. The molecule has 0 spiro atoms. The van der Waals surface area contributed by atoms with Gasteiger partial charge in [0.1, 0.15) is 0 Å². The maximum absolute atomic E-state index is 5.43. The number of rotatable bonds is 4. The largest absolute Gasteiger partial charge is 0.381 e. The molecule has 2 rings (SSSR count). The Balaban J connectivity index is 1.77. The van der Waals surface area contributed by atoms with Crippen molar-refractivity contribution in [1.29, 1.82) is 0 Å². The summed E-state index contributed by atoms with van der Waals surface area (Å²) in [6.07, 6.45) is 5.30. The average molecular weight is 243 g/mol. The van der Waals surface area contributed by atoms with Crippen LogP contribution in [0.2, 0.25) is 0 Å². The Morgan fingerprint density at radius 1 is 1.19 bits per heavy atom. The first-order valence-corrected chi connectivity index (χ1v) is 7.72. The molecule has 3 atom stereocenters. The second-order valence-electron chi connectivity index (χ2n) is 5.09. The zero-order valence-electron chi connectivity index (χ0n) is 10.6. The molecule has 3 heteroatoms. The number of nitrogens with one attached hydrogen (secondary N) is 1. The fraction of sp³-hybridized carbons (Fsp3) is 1.00. The van der Waals surface area contributed by atoms with Crippen molar-refractivity contribution in [2.24, 2.45) is 5.92 Å². The van der Waals surface area contributed by atoms with E-state index in [1.54, 1.807) is 0 Å². The van der Waals surface area contributed by atoms with Crippen LogP contribution in [0, 0.1) is 5.92 Å². The molecule has 1 aliphatic carbocycles. The van der Waals surface area contributed by atoms with Gasteiger partial charge in [0.05, 0.1) is 0 Å². The highest BCUT2D eigenvalue weighted by molar-refractivity contribution is 8.00. The first-order chi connectivity index (χ1) is 7.81. The Labute approximate surface area is 104 Å². The predicted octanol–water partition coefficient (Wildman–Crippen LogP) is 2.68. The molecule has 1 heterocycles. The lowest BCUT2D eigenvalue weighted by Gasteiger charge is -2.27. The van der Waals surface area contributed by atoms with Gasteiger partial charge in [0, 0.05) is 29.8 Å². The van der Waals surface area contributed by atoms with Crippen LogP contribution in [0.25, 0.3) is 0 Å². The standard InChI is InChI=1S/C13H25NOS/c1-3-14-12-4-5-13(10(12)2)16-11-6-8-15-9-7-11/h10-14H,3-9H2,1-2H3. The highest BCUT2D eigenvalue weighted by atomic mass is 32.2. The molecule has 0 radical (unpaired) electrons. The van der Waals surface area contributed by atoms with Crippen molar-refractivity contribution in [3.63, 3.8) is 0 Å². The Bertz CT molecular complexity index is 206. The zero-order chi connectivity index (χ0) is 11.4. The summed E-state index contributed by atoms with van der Waals surface area (Å²) in [4.78, 5) is 0. The van der Waals surface area contributed by atoms with Crippen LogP contribution < -0.4 is 5.32 Å². The van der Waals surface area contributed by atoms with Gasteiger partial charge in [0.25, 0.3) is 0 Å². The fourth-order valence-electron chi connectivity index (χ4n) is 2.93. The van der Waals surface area contributed by atoms with E-state index in [2.05, 4.69) is 30.9 Å². The molecule has 0 aromatic carbocycles. The van der Waals surface area contributed by atoms with E-state index >= 15 is 0 Å². The van der Waals surface area contributed by atoms with Crippen LogP contribution in [0.15, 0.2) is 0 Å². The molecule has 1 aliphatic heterocycles. The molecule has 3 unspecified atom stereocenters. The summed E-state index contributed by atoms with van der Waals surface area (Å²) >= 11 is 2.25. The lowest BCUT2D eigenvalue weighted by atomic mass is 10.1. The minimum atomic E-state index is 0.766. The summed E-state index contributed by atoms with van der Waals surface area (Å²) < 4.78 is 5.43. The highest BCUT2D eigenvalue weighted by Crippen LogP contribution is 2.39. The van der Waals surface area contributed by atoms with E-state index in [1.165, 1.54) is 25.7 Å². The summed E-state index contributed by atoms with van der Waals surface area (Å²) in [5, 5.41) is 5.37. The molecule has 2 fully saturated rings. The minimum absolute atomic E-state index is 0.766. The van der Waals surface area contributed by atoms with Crippen LogP contribution in [-0.4, -0.2) is 36.3 Å². The van der Waals surface area contributed by atoms with Crippen LogP contribution in [-0.2, 0) is 4.74 Å². The second kappa shape index (κ2) is 6.27. The van der Waals surface area contributed by atoms with Crippen molar-refractivity contribution < 1.29 is 4.74 Å². The van der Waals surface area contributed by atoms with Gasteiger partial charge in [-0.25, -0.2) is 0 Å². The molecular formula is C13H25NOS. The number of ether oxygens (including phenoxy) is 1. The molecule has 2 aliphatic rings. The van der Waals surface area contributed by atoms with Gasteiger partial charge >= 0.3 is 0 Å². The van der Waals surface area contributed by atoms with Crippen molar-refractivity contribution >= 4 is 11.8 Å². The van der Waals surface area contributed by atoms with E-state index in [9.17, 15) is 0 Å². The lowest BCUT2D eigenvalue weighted by Crippen LogP contribution is -2.33. The molecule has 16 heavy (non-hydrogen) atoms. The smallest absolute Gasteiger partial charge is 0.0476 e. The summed E-state index contributed by atoms with van der Waals surface area (Å²) in [5.74, 6) is 0.841. The zero-order valence-corrected chi connectivity index (χ0v) is 11.4. The quantitative estimate of drug-likeness (QED) is 0.820. The first kappa shape index (κ1) is 12.7. The predicted molar refractivity (Wildman–Crippen MR) is 71.1 cm³/mol. The third-order valence-electron chi connectivity index (χ3n) is 3.99. The Morgan fingerprint density at radius 2 is 1.94 bits per heavy atom. The Morgan fingerprint density at radius 3 is 2.62 bits per heavy atom. The molecular weight excluding hydrogens is 218 g/mol. The van der Waals surface area contributed by atoms with Gasteiger partial charge in [-0.05, 0) is 38.1 Å². The monoisotopic (exact) mass is 243 g/mol. The van der Waals surface area contributed by atoms with E-state index in [-0.39, 0.29) is 0 Å². The molecule has 1 N–H and O–H groups in total. The summed E-state index contributed by atoms with van der Waals surface area (Å²) in [5.41, 5.74) is 0. The number of hydrogen-bond acceptors (Lipinski definition) is 3.